The summed E-state index contributed by atoms with van der Waals surface area (Å²) < 4.78 is 51.1. The van der Waals surface area contributed by atoms with Gasteiger partial charge in [-0.2, -0.15) is 15.2 Å². The Hall–Kier alpha value is -4.24. The van der Waals surface area contributed by atoms with Gasteiger partial charge in [0.2, 0.25) is 0 Å². The molecule has 12 heteroatoms. The predicted octanol–water partition coefficient (Wildman–Crippen LogP) is 4.52. The Balaban J connectivity index is 1.30. The number of amides is 1. The minimum atomic E-state index is -1.09. The summed E-state index contributed by atoms with van der Waals surface area (Å²) in [4.78, 5) is 31.5. The number of benzene rings is 1. The molecule has 0 unspecified atom stereocenters. The number of carbonyl (C=O) groups excluding carboxylic acids is 1. The van der Waals surface area contributed by atoms with Crippen molar-refractivity contribution in [2.24, 2.45) is 5.92 Å². The average Bonchev–Trinajstić information content (AvgIpc) is 3.47. The van der Waals surface area contributed by atoms with Crippen LogP contribution in [-0.2, 0) is 11.2 Å². The van der Waals surface area contributed by atoms with Crippen molar-refractivity contribution in [2.75, 3.05) is 44.7 Å². The number of hydrogen-bond donors (Lipinski definition) is 0. The average molecular weight is 604 g/mol. The van der Waals surface area contributed by atoms with Crippen molar-refractivity contribution in [3.05, 3.63) is 53.5 Å². The van der Waals surface area contributed by atoms with Crippen LogP contribution in [0.1, 0.15) is 42.7 Å². The molecule has 3 aromatic rings. The molecule has 7 rings (SSSR count). The molecular formula is C32H32F3N7O2. The SMILES string of the molecule is C=C(F)C(=O)N1CCN(c2nc(OC[C@@H]3CCCN3C)nc3c(F)c(-c4ccc(F)c5c4C[C@@H]4C[C@H]54)ncc23)C[C@@H]1CC#N. The highest BCUT2D eigenvalue weighted by molar-refractivity contribution is 5.93. The number of piperazine rings is 1. The van der Waals surface area contributed by atoms with Crippen LogP contribution in [-0.4, -0.2) is 82.6 Å². The lowest BCUT2D eigenvalue weighted by atomic mass is 9.96. The van der Waals surface area contributed by atoms with Crippen LogP contribution in [0.25, 0.3) is 22.2 Å². The first-order chi connectivity index (χ1) is 21.2. The van der Waals surface area contributed by atoms with E-state index < -0.39 is 23.6 Å². The highest BCUT2D eigenvalue weighted by atomic mass is 19.1. The van der Waals surface area contributed by atoms with Crippen LogP contribution in [0.5, 0.6) is 6.01 Å². The number of hydrogen-bond acceptors (Lipinski definition) is 8. The van der Waals surface area contributed by atoms with Gasteiger partial charge in [-0.3, -0.25) is 9.78 Å². The maximum atomic E-state index is 16.5. The second-order valence-corrected chi connectivity index (χ2v) is 12.3. The quantitative estimate of drug-likeness (QED) is 0.364. The number of ether oxygens (including phenoxy) is 1. The Morgan fingerprint density at radius 1 is 1.20 bits per heavy atom. The van der Waals surface area contributed by atoms with E-state index in [0.717, 1.165) is 31.4 Å². The lowest BCUT2D eigenvalue weighted by molar-refractivity contribution is -0.131. The number of nitrogens with zero attached hydrogens (tertiary/aromatic N) is 7. The van der Waals surface area contributed by atoms with Crippen LogP contribution in [0.4, 0.5) is 19.0 Å². The molecule has 4 atom stereocenters. The Bertz CT molecular complexity index is 1730. The maximum Gasteiger partial charge on any atom is 0.319 e. The van der Waals surface area contributed by atoms with Gasteiger partial charge in [-0.25, -0.2) is 13.2 Å². The van der Waals surface area contributed by atoms with E-state index in [1.807, 2.05) is 11.9 Å². The minimum absolute atomic E-state index is 0.00176. The summed E-state index contributed by atoms with van der Waals surface area (Å²) in [5.41, 5.74) is 2.16. The Labute approximate surface area is 252 Å². The molecule has 2 aliphatic carbocycles. The van der Waals surface area contributed by atoms with Crippen molar-refractivity contribution in [1.29, 1.82) is 5.26 Å². The normalized spacial score (nSPS) is 24.2. The predicted molar refractivity (Wildman–Crippen MR) is 157 cm³/mol. The first kappa shape index (κ1) is 28.5. The number of likely N-dealkylation sites (N-methyl/N-ethyl adjacent to an activating group) is 1. The highest BCUT2D eigenvalue weighted by Crippen LogP contribution is 2.58. The lowest BCUT2D eigenvalue weighted by Gasteiger charge is -2.41. The zero-order chi connectivity index (χ0) is 30.7. The van der Waals surface area contributed by atoms with Gasteiger partial charge in [-0.1, -0.05) is 6.58 Å². The zero-order valence-corrected chi connectivity index (χ0v) is 24.4. The van der Waals surface area contributed by atoms with Gasteiger partial charge in [-0.05, 0) is 74.4 Å². The van der Waals surface area contributed by atoms with E-state index in [1.54, 1.807) is 6.07 Å². The number of aromatic nitrogens is 3. The molecule has 9 nitrogen and oxygen atoms in total. The summed E-state index contributed by atoms with van der Waals surface area (Å²) in [6.07, 6.45) is 5.14. The number of halogens is 3. The van der Waals surface area contributed by atoms with E-state index in [9.17, 15) is 18.8 Å². The topological polar surface area (TPSA) is 98.5 Å². The Morgan fingerprint density at radius 2 is 2.05 bits per heavy atom. The molecule has 4 aliphatic rings. The largest absolute Gasteiger partial charge is 0.462 e. The van der Waals surface area contributed by atoms with Gasteiger partial charge in [0.1, 0.15) is 29.5 Å². The molecule has 4 heterocycles. The van der Waals surface area contributed by atoms with Crippen LogP contribution in [0, 0.1) is 28.9 Å². The summed E-state index contributed by atoms with van der Waals surface area (Å²) in [6, 6.07) is 4.59. The Kier molecular flexibility index (Phi) is 7.16. The van der Waals surface area contributed by atoms with Crippen LogP contribution < -0.4 is 9.64 Å². The Morgan fingerprint density at radius 3 is 2.80 bits per heavy atom. The fraction of sp³-hybridized carbons (Fsp3) is 0.469. The molecule has 1 saturated carbocycles. The van der Waals surface area contributed by atoms with Crippen molar-refractivity contribution < 1.29 is 22.7 Å². The van der Waals surface area contributed by atoms with Crippen molar-refractivity contribution in [3.63, 3.8) is 0 Å². The van der Waals surface area contributed by atoms with E-state index in [2.05, 4.69) is 32.5 Å². The molecular weight excluding hydrogens is 571 g/mol. The molecule has 44 heavy (non-hydrogen) atoms. The number of carbonyl (C=O) groups is 1. The molecule has 1 amide bonds. The maximum absolute atomic E-state index is 16.5. The second kappa shape index (κ2) is 11.0. The lowest BCUT2D eigenvalue weighted by Crippen LogP contribution is -2.55. The smallest absolute Gasteiger partial charge is 0.319 e. The first-order valence-corrected chi connectivity index (χ1v) is 15.0. The fourth-order valence-corrected chi connectivity index (χ4v) is 7.19. The monoisotopic (exact) mass is 603 g/mol. The van der Waals surface area contributed by atoms with Crippen molar-refractivity contribution in [3.8, 4) is 23.3 Å². The zero-order valence-electron chi connectivity index (χ0n) is 24.4. The third kappa shape index (κ3) is 4.83. The molecule has 2 aliphatic heterocycles. The number of rotatable bonds is 7. The molecule has 0 bridgehead atoms. The standard InChI is InChI=1S/C32H32F3N7O2/c1-17(33)31(43)42-11-10-41(15-19(42)7-8-36)30-24-14-37-28(21-5-6-25(34)26-22-12-18(22)13-23(21)26)27(35)29(24)38-32(39-30)44-16-20-4-3-9-40(20)2/h5-6,14,18-20,22H,1,3-4,7,9-13,15-16H2,2H3/t18-,19-,20-,22-/m0/s1. The molecule has 0 spiro atoms. The van der Waals surface area contributed by atoms with Crippen LogP contribution in [0.2, 0.25) is 0 Å². The summed E-state index contributed by atoms with van der Waals surface area (Å²) >= 11 is 0. The summed E-state index contributed by atoms with van der Waals surface area (Å²) in [5, 5.41) is 9.78. The molecule has 2 saturated heterocycles. The molecule has 0 radical (unpaired) electrons. The minimum Gasteiger partial charge on any atom is -0.462 e. The van der Waals surface area contributed by atoms with Crippen LogP contribution in [0.15, 0.2) is 30.7 Å². The van der Waals surface area contributed by atoms with Gasteiger partial charge in [0.25, 0.3) is 5.91 Å². The first-order valence-electron chi connectivity index (χ1n) is 15.0. The van der Waals surface area contributed by atoms with Gasteiger partial charge in [0.05, 0.1) is 23.9 Å². The van der Waals surface area contributed by atoms with E-state index in [0.29, 0.717) is 41.3 Å². The third-order valence-corrected chi connectivity index (χ3v) is 9.64. The molecule has 1 aromatic carbocycles. The van der Waals surface area contributed by atoms with E-state index in [4.69, 9.17) is 4.74 Å². The van der Waals surface area contributed by atoms with Gasteiger partial charge >= 0.3 is 6.01 Å². The van der Waals surface area contributed by atoms with E-state index in [1.165, 1.54) is 17.2 Å². The van der Waals surface area contributed by atoms with Crippen molar-refractivity contribution >= 4 is 22.6 Å². The van der Waals surface area contributed by atoms with Crippen molar-refractivity contribution in [1.82, 2.24) is 24.8 Å². The van der Waals surface area contributed by atoms with Gasteiger partial charge in [-0.15, -0.1) is 0 Å². The van der Waals surface area contributed by atoms with E-state index >= 15 is 4.39 Å². The number of pyridine rings is 1. The van der Waals surface area contributed by atoms with Crippen LogP contribution in [0.3, 0.4) is 0 Å². The number of anilines is 1. The van der Waals surface area contributed by atoms with Gasteiger partial charge < -0.3 is 19.4 Å². The molecule has 2 aromatic heterocycles. The fourth-order valence-electron chi connectivity index (χ4n) is 7.19. The summed E-state index contributed by atoms with van der Waals surface area (Å²) in [7, 11) is 2.03. The third-order valence-electron chi connectivity index (χ3n) is 9.64. The van der Waals surface area contributed by atoms with E-state index in [-0.39, 0.29) is 61.1 Å². The number of likely N-dealkylation sites (tertiary alicyclic amines) is 1. The molecule has 3 fully saturated rings. The summed E-state index contributed by atoms with van der Waals surface area (Å²) in [5.74, 6) is -1.92. The van der Waals surface area contributed by atoms with Gasteiger partial charge in [0, 0.05) is 37.4 Å². The summed E-state index contributed by atoms with van der Waals surface area (Å²) in [6.45, 7) is 4.92. The van der Waals surface area contributed by atoms with Crippen LogP contribution >= 0.6 is 0 Å². The molecule has 0 N–H and O–H groups in total. The van der Waals surface area contributed by atoms with Gasteiger partial charge in [0.15, 0.2) is 11.6 Å². The number of nitriles is 1. The second-order valence-electron chi connectivity index (χ2n) is 12.3. The van der Waals surface area contributed by atoms with Crippen molar-refractivity contribution in [2.45, 2.75) is 50.1 Å². The number of fused-ring (bicyclic) bond motifs is 4. The highest BCUT2D eigenvalue weighted by Gasteiger charge is 2.48. The molecule has 228 valence electrons.